The Balaban J connectivity index is 2.26. The lowest BCUT2D eigenvalue weighted by atomic mass is 10.0. The molecule has 2 aromatic carbocycles. The number of para-hydroxylation sites is 1. The predicted octanol–water partition coefficient (Wildman–Crippen LogP) is 4.84. The summed E-state index contributed by atoms with van der Waals surface area (Å²) in [4.78, 5) is 27.0. The Morgan fingerprint density at radius 2 is 1.83 bits per heavy atom. The maximum absolute atomic E-state index is 13.1. The maximum Gasteiger partial charge on any atom is 0.254 e. The number of anilines is 1. The second-order valence-corrected chi connectivity index (χ2v) is 7.14. The molecule has 0 aromatic heterocycles. The van der Waals surface area contributed by atoms with Gasteiger partial charge >= 0.3 is 0 Å². The van der Waals surface area contributed by atoms with Gasteiger partial charge in [-0.2, -0.15) is 0 Å². The van der Waals surface area contributed by atoms with E-state index in [0.29, 0.717) is 45.8 Å². The van der Waals surface area contributed by atoms with Crippen molar-refractivity contribution in [3.05, 3.63) is 64.2 Å². The van der Waals surface area contributed by atoms with E-state index in [1.165, 1.54) is 19.1 Å². The van der Waals surface area contributed by atoms with Gasteiger partial charge in [0.1, 0.15) is 6.54 Å². The lowest BCUT2D eigenvalue weighted by Crippen LogP contribution is -2.38. The summed E-state index contributed by atoms with van der Waals surface area (Å²) in [6.07, 6.45) is 2.21. The number of hydrogen-bond donors (Lipinski definition) is 1. The van der Waals surface area contributed by atoms with E-state index in [0.717, 1.165) is 5.56 Å². The number of allylic oxidation sites excluding steroid dienone is 1. The minimum Gasteiger partial charge on any atom is -0.493 e. The first-order chi connectivity index (χ1) is 14.4. The van der Waals surface area contributed by atoms with Crippen molar-refractivity contribution in [2.24, 2.45) is 0 Å². The molecule has 0 saturated carbocycles. The molecule has 8 heteroatoms. The van der Waals surface area contributed by atoms with Crippen LogP contribution in [0.5, 0.6) is 11.5 Å². The van der Waals surface area contributed by atoms with Crippen LogP contribution in [-0.4, -0.2) is 44.0 Å². The minimum absolute atomic E-state index is 0.165. The molecular weight excluding hydrogens is 427 g/mol. The largest absolute Gasteiger partial charge is 0.493 e. The molecule has 0 aliphatic rings. The van der Waals surface area contributed by atoms with Crippen molar-refractivity contribution >= 4 is 40.7 Å². The van der Waals surface area contributed by atoms with Crippen molar-refractivity contribution in [2.45, 2.75) is 13.3 Å². The number of carbonyl (C=O) groups excluding carboxylic acids is 2. The molecule has 2 aromatic rings. The van der Waals surface area contributed by atoms with Crippen LogP contribution in [-0.2, 0) is 11.2 Å². The van der Waals surface area contributed by atoms with Crippen LogP contribution in [0.4, 0.5) is 5.69 Å². The zero-order chi connectivity index (χ0) is 22.3. The van der Waals surface area contributed by atoms with E-state index in [1.807, 2.05) is 0 Å². The first kappa shape index (κ1) is 23.6. The molecule has 0 heterocycles. The van der Waals surface area contributed by atoms with Gasteiger partial charge < -0.3 is 19.7 Å². The third-order valence-corrected chi connectivity index (χ3v) is 5.03. The van der Waals surface area contributed by atoms with Crippen molar-refractivity contribution in [1.82, 2.24) is 4.90 Å². The molecule has 0 saturated heterocycles. The van der Waals surface area contributed by atoms with Crippen LogP contribution < -0.4 is 14.8 Å². The van der Waals surface area contributed by atoms with Crippen LogP contribution in [0.25, 0.3) is 0 Å². The van der Waals surface area contributed by atoms with E-state index in [-0.39, 0.29) is 12.5 Å². The third kappa shape index (κ3) is 5.46. The lowest BCUT2D eigenvalue weighted by molar-refractivity contribution is -0.116. The normalized spacial score (nSPS) is 10.3. The number of likely N-dealkylation sites (N-methyl/N-ethyl adjacent to an activating group) is 1. The van der Waals surface area contributed by atoms with E-state index >= 15 is 0 Å². The van der Waals surface area contributed by atoms with Gasteiger partial charge in [0.2, 0.25) is 5.91 Å². The summed E-state index contributed by atoms with van der Waals surface area (Å²) in [6.45, 7) is 5.69. The van der Waals surface area contributed by atoms with Crippen molar-refractivity contribution < 1.29 is 19.1 Å². The average Bonchev–Trinajstić information content (AvgIpc) is 2.73. The summed E-state index contributed by atoms with van der Waals surface area (Å²) in [6, 6.07) is 8.24. The number of ether oxygens (including phenoxy) is 2. The van der Waals surface area contributed by atoms with Crippen LogP contribution >= 0.6 is 23.2 Å². The minimum atomic E-state index is -0.410. The molecule has 0 spiro atoms. The number of methoxy groups -OCH3 is 2. The highest BCUT2D eigenvalue weighted by Crippen LogP contribution is 2.34. The van der Waals surface area contributed by atoms with Gasteiger partial charge in [0.25, 0.3) is 5.91 Å². The standard InChI is InChI=1S/C22H24Cl2N2O4/c1-5-8-14-11-15(12-18(29-3)21(14)30-4)22(28)26(6-2)13-19(27)25-20-16(23)9-7-10-17(20)24/h5,7,9-12H,1,6,8,13H2,2-4H3,(H,25,27). The van der Waals surface area contributed by atoms with Gasteiger partial charge in [-0.3, -0.25) is 9.59 Å². The smallest absolute Gasteiger partial charge is 0.254 e. The Morgan fingerprint density at radius 3 is 2.37 bits per heavy atom. The monoisotopic (exact) mass is 450 g/mol. The molecule has 0 unspecified atom stereocenters. The van der Waals surface area contributed by atoms with Crippen molar-refractivity contribution in [3.8, 4) is 11.5 Å². The van der Waals surface area contributed by atoms with Crippen molar-refractivity contribution in [1.29, 1.82) is 0 Å². The van der Waals surface area contributed by atoms with Crippen molar-refractivity contribution in [2.75, 3.05) is 32.6 Å². The van der Waals surface area contributed by atoms with E-state index in [1.54, 1.807) is 43.3 Å². The Morgan fingerprint density at radius 1 is 1.17 bits per heavy atom. The number of benzene rings is 2. The molecule has 30 heavy (non-hydrogen) atoms. The first-order valence-electron chi connectivity index (χ1n) is 9.25. The zero-order valence-electron chi connectivity index (χ0n) is 17.1. The summed E-state index contributed by atoms with van der Waals surface area (Å²) < 4.78 is 10.8. The van der Waals surface area contributed by atoms with Crippen LogP contribution in [0.2, 0.25) is 10.0 Å². The van der Waals surface area contributed by atoms with Gasteiger partial charge in [-0.1, -0.05) is 35.3 Å². The average molecular weight is 451 g/mol. The summed E-state index contributed by atoms with van der Waals surface area (Å²) >= 11 is 12.2. The van der Waals surface area contributed by atoms with Gasteiger partial charge in [0, 0.05) is 17.7 Å². The molecule has 0 aliphatic heterocycles. The highest BCUT2D eigenvalue weighted by Gasteiger charge is 2.22. The van der Waals surface area contributed by atoms with Crippen LogP contribution in [0.15, 0.2) is 43.0 Å². The van der Waals surface area contributed by atoms with Crippen LogP contribution in [0.3, 0.4) is 0 Å². The fourth-order valence-electron chi connectivity index (χ4n) is 2.95. The molecule has 0 radical (unpaired) electrons. The SMILES string of the molecule is C=CCc1cc(C(=O)N(CC)CC(=O)Nc2c(Cl)cccc2Cl)cc(OC)c1OC. The Kier molecular flexibility index (Phi) is 8.57. The summed E-state index contributed by atoms with van der Waals surface area (Å²) in [5, 5.41) is 3.30. The van der Waals surface area contributed by atoms with Gasteiger partial charge in [-0.05, 0) is 37.6 Å². The molecule has 0 fully saturated rings. The third-order valence-electron chi connectivity index (χ3n) is 4.40. The fourth-order valence-corrected chi connectivity index (χ4v) is 3.45. The molecule has 160 valence electrons. The second-order valence-electron chi connectivity index (χ2n) is 6.33. The van der Waals surface area contributed by atoms with Crippen LogP contribution in [0.1, 0.15) is 22.8 Å². The summed E-state index contributed by atoms with van der Waals surface area (Å²) in [7, 11) is 3.04. The Labute approximate surface area is 186 Å². The first-order valence-corrected chi connectivity index (χ1v) is 10.0. The van der Waals surface area contributed by atoms with Crippen molar-refractivity contribution in [3.63, 3.8) is 0 Å². The number of carbonyl (C=O) groups is 2. The Hall–Kier alpha value is -2.70. The van der Waals surface area contributed by atoms with Gasteiger partial charge in [-0.25, -0.2) is 0 Å². The van der Waals surface area contributed by atoms with Crippen LogP contribution in [0, 0.1) is 0 Å². The number of rotatable bonds is 9. The molecule has 0 aliphatic carbocycles. The van der Waals surface area contributed by atoms with Gasteiger partial charge in [0.15, 0.2) is 11.5 Å². The maximum atomic E-state index is 13.1. The molecule has 1 N–H and O–H groups in total. The number of amides is 2. The molecule has 6 nitrogen and oxygen atoms in total. The zero-order valence-corrected chi connectivity index (χ0v) is 18.6. The van der Waals surface area contributed by atoms with E-state index in [4.69, 9.17) is 32.7 Å². The number of nitrogens with one attached hydrogen (secondary N) is 1. The van der Waals surface area contributed by atoms with E-state index in [9.17, 15) is 9.59 Å². The molecular formula is C22H24Cl2N2O4. The molecule has 0 atom stereocenters. The number of halogens is 2. The number of nitrogens with zero attached hydrogens (tertiary/aromatic N) is 1. The molecule has 2 rings (SSSR count). The van der Waals surface area contributed by atoms with Gasteiger partial charge in [0.05, 0.1) is 30.0 Å². The Bertz CT molecular complexity index is 927. The fraction of sp³-hybridized carbons (Fsp3) is 0.273. The van der Waals surface area contributed by atoms with E-state index in [2.05, 4.69) is 11.9 Å². The summed E-state index contributed by atoms with van der Waals surface area (Å²) in [5.41, 5.74) is 1.46. The highest BCUT2D eigenvalue weighted by atomic mass is 35.5. The topological polar surface area (TPSA) is 67.9 Å². The number of hydrogen-bond acceptors (Lipinski definition) is 4. The van der Waals surface area contributed by atoms with E-state index < -0.39 is 5.91 Å². The second kappa shape index (κ2) is 10.9. The predicted molar refractivity (Wildman–Crippen MR) is 120 cm³/mol. The summed E-state index contributed by atoms with van der Waals surface area (Å²) in [5.74, 6) is 0.253. The molecule has 2 amide bonds. The quantitative estimate of drug-likeness (QED) is 0.554. The lowest BCUT2D eigenvalue weighted by Gasteiger charge is -2.22. The molecule has 0 bridgehead atoms. The van der Waals surface area contributed by atoms with Gasteiger partial charge in [-0.15, -0.1) is 6.58 Å². The highest BCUT2D eigenvalue weighted by molar-refractivity contribution is 6.39.